The summed E-state index contributed by atoms with van der Waals surface area (Å²) in [4.78, 5) is 4.45. The van der Waals surface area contributed by atoms with E-state index in [0.29, 0.717) is 16.8 Å². The highest BCUT2D eigenvalue weighted by Crippen LogP contribution is 2.26. The van der Waals surface area contributed by atoms with Crippen LogP contribution >= 0.6 is 15.9 Å². The summed E-state index contributed by atoms with van der Waals surface area (Å²) in [5, 5.41) is 3.23. The number of ether oxygens (including phenoxy) is 1. The quantitative estimate of drug-likeness (QED) is 0.848. The number of pyridine rings is 1. The third kappa shape index (κ3) is 4.20. The molecule has 0 aliphatic heterocycles. The number of hydrogen-bond donors (Lipinski definition) is 1. The van der Waals surface area contributed by atoms with Crippen LogP contribution in [0, 0.1) is 5.82 Å². The standard InChI is InChI=1S/C15H16BrFN2O/c1-2-8-18-15-5-3-4-12(19-15)10-20-14-7-6-11(17)9-13(14)16/h3-7,9H,2,8,10H2,1H3,(H,18,19). The Bertz CT molecular complexity index is 578. The fourth-order valence-corrected chi connectivity index (χ4v) is 2.12. The maximum Gasteiger partial charge on any atom is 0.134 e. The molecule has 0 spiro atoms. The Balaban J connectivity index is 1.99. The van der Waals surface area contributed by atoms with Gasteiger partial charge in [-0.15, -0.1) is 0 Å². The Morgan fingerprint density at radius 2 is 2.15 bits per heavy atom. The summed E-state index contributed by atoms with van der Waals surface area (Å²) >= 11 is 3.27. The van der Waals surface area contributed by atoms with Gasteiger partial charge in [-0.1, -0.05) is 13.0 Å². The van der Waals surface area contributed by atoms with Gasteiger partial charge in [0.15, 0.2) is 0 Å². The lowest BCUT2D eigenvalue weighted by Crippen LogP contribution is -2.05. The minimum atomic E-state index is -0.298. The topological polar surface area (TPSA) is 34.1 Å². The fraction of sp³-hybridized carbons (Fsp3) is 0.267. The molecule has 5 heteroatoms. The molecule has 1 aromatic carbocycles. The van der Waals surface area contributed by atoms with Crippen molar-refractivity contribution < 1.29 is 9.13 Å². The monoisotopic (exact) mass is 338 g/mol. The van der Waals surface area contributed by atoms with Gasteiger partial charge in [-0.2, -0.15) is 0 Å². The van der Waals surface area contributed by atoms with Gasteiger partial charge >= 0.3 is 0 Å². The summed E-state index contributed by atoms with van der Waals surface area (Å²) in [7, 11) is 0. The van der Waals surface area contributed by atoms with Gasteiger partial charge in [0.25, 0.3) is 0 Å². The van der Waals surface area contributed by atoms with Crippen LogP contribution in [0.1, 0.15) is 19.0 Å². The van der Waals surface area contributed by atoms with E-state index >= 15 is 0 Å². The Kier molecular flexibility index (Phi) is 5.35. The number of nitrogens with zero attached hydrogens (tertiary/aromatic N) is 1. The molecular weight excluding hydrogens is 323 g/mol. The maximum atomic E-state index is 13.0. The van der Waals surface area contributed by atoms with E-state index < -0.39 is 0 Å². The van der Waals surface area contributed by atoms with Crippen molar-refractivity contribution in [2.24, 2.45) is 0 Å². The molecule has 106 valence electrons. The number of halogens is 2. The number of hydrogen-bond acceptors (Lipinski definition) is 3. The molecule has 0 saturated carbocycles. The van der Waals surface area contributed by atoms with Gasteiger partial charge < -0.3 is 10.1 Å². The molecule has 0 atom stereocenters. The molecule has 2 rings (SSSR count). The van der Waals surface area contributed by atoms with Crippen molar-refractivity contribution in [3.8, 4) is 5.75 Å². The summed E-state index contributed by atoms with van der Waals surface area (Å²) in [6, 6.07) is 10.1. The van der Waals surface area contributed by atoms with Crippen molar-refractivity contribution in [1.29, 1.82) is 0 Å². The number of anilines is 1. The minimum Gasteiger partial charge on any atom is -0.486 e. The van der Waals surface area contributed by atoms with Crippen molar-refractivity contribution in [2.45, 2.75) is 20.0 Å². The van der Waals surface area contributed by atoms with Crippen molar-refractivity contribution in [1.82, 2.24) is 4.98 Å². The van der Waals surface area contributed by atoms with Crippen LogP contribution < -0.4 is 10.1 Å². The summed E-state index contributed by atoms with van der Waals surface area (Å²) in [5.41, 5.74) is 0.822. The van der Waals surface area contributed by atoms with Crippen molar-refractivity contribution in [3.05, 3.63) is 52.4 Å². The predicted octanol–water partition coefficient (Wildman–Crippen LogP) is 4.38. The van der Waals surface area contributed by atoms with Crippen LogP contribution in [-0.4, -0.2) is 11.5 Å². The van der Waals surface area contributed by atoms with Gasteiger partial charge in [0, 0.05) is 6.54 Å². The molecule has 0 unspecified atom stereocenters. The van der Waals surface area contributed by atoms with Gasteiger partial charge in [0.1, 0.15) is 24.0 Å². The van der Waals surface area contributed by atoms with Crippen molar-refractivity contribution >= 4 is 21.7 Å². The molecule has 3 nitrogen and oxygen atoms in total. The molecule has 0 radical (unpaired) electrons. The second-order valence-electron chi connectivity index (χ2n) is 4.30. The molecule has 0 fully saturated rings. The molecule has 1 N–H and O–H groups in total. The number of nitrogens with one attached hydrogen (secondary N) is 1. The first-order chi connectivity index (χ1) is 9.69. The van der Waals surface area contributed by atoms with Crippen LogP contribution in [0.5, 0.6) is 5.75 Å². The Morgan fingerprint density at radius 3 is 2.90 bits per heavy atom. The van der Waals surface area contributed by atoms with Crippen molar-refractivity contribution in [2.75, 3.05) is 11.9 Å². The molecule has 20 heavy (non-hydrogen) atoms. The average molecular weight is 339 g/mol. The van der Waals surface area contributed by atoms with Gasteiger partial charge in [-0.25, -0.2) is 9.37 Å². The highest BCUT2D eigenvalue weighted by Gasteiger charge is 2.04. The zero-order valence-electron chi connectivity index (χ0n) is 11.2. The van der Waals surface area contributed by atoms with E-state index in [9.17, 15) is 4.39 Å². The van der Waals surface area contributed by atoms with Crippen LogP contribution in [0.4, 0.5) is 10.2 Å². The summed E-state index contributed by atoms with van der Waals surface area (Å²) in [5.74, 6) is 1.14. The molecular formula is C15H16BrFN2O. The summed E-state index contributed by atoms with van der Waals surface area (Å²) in [6.45, 7) is 3.33. The largest absolute Gasteiger partial charge is 0.486 e. The Hall–Kier alpha value is -1.62. The van der Waals surface area contributed by atoms with Gasteiger partial charge in [0.2, 0.25) is 0 Å². The van der Waals surface area contributed by atoms with E-state index in [4.69, 9.17) is 4.74 Å². The van der Waals surface area contributed by atoms with Crippen LogP contribution in [0.3, 0.4) is 0 Å². The molecule has 1 aromatic heterocycles. The van der Waals surface area contributed by atoms with Crippen LogP contribution in [-0.2, 0) is 6.61 Å². The molecule has 0 saturated heterocycles. The van der Waals surface area contributed by atoms with Gasteiger partial charge in [0.05, 0.1) is 10.2 Å². The van der Waals surface area contributed by atoms with E-state index in [0.717, 1.165) is 24.5 Å². The highest BCUT2D eigenvalue weighted by atomic mass is 79.9. The summed E-state index contributed by atoms with van der Waals surface area (Å²) < 4.78 is 19.2. The van der Waals surface area contributed by atoms with Crippen molar-refractivity contribution in [3.63, 3.8) is 0 Å². The molecule has 1 heterocycles. The average Bonchev–Trinajstić information content (AvgIpc) is 2.45. The highest BCUT2D eigenvalue weighted by molar-refractivity contribution is 9.10. The number of benzene rings is 1. The first kappa shape index (κ1) is 14.8. The lowest BCUT2D eigenvalue weighted by Gasteiger charge is -2.09. The SMILES string of the molecule is CCCNc1cccc(COc2ccc(F)cc2Br)n1. The van der Waals surface area contributed by atoms with E-state index in [-0.39, 0.29) is 5.82 Å². The second kappa shape index (κ2) is 7.24. The lowest BCUT2D eigenvalue weighted by molar-refractivity contribution is 0.299. The first-order valence-electron chi connectivity index (χ1n) is 6.46. The molecule has 2 aromatic rings. The van der Waals surface area contributed by atoms with E-state index in [1.807, 2.05) is 18.2 Å². The normalized spacial score (nSPS) is 10.3. The molecule has 0 amide bonds. The first-order valence-corrected chi connectivity index (χ1v) is 7.26. The predicted molar refractivity (Wildman–Crippen MR) is 81.4 cm³/mol. The zero-order valence-corrected chi connectivity index (χ0v) is 12.8. The van der Waals surface area contributed by atoms with Gasteiger partial charge in [-0.05, 0) is 52.7 Å². The van der Waals surface area contributed by atoms with Gasteiger partial charge in [-0.3, -0.25) is 0 Å². The third-order valence-corrected chi connectivity index (χ3v) is 3.25. The van der Waals surface area contributed by atoms with E-state index in [1.54, 1.807) is 6.07 Å². The molecule has 0 bridgehead atoms. The Morgan fingerprint density at radius 1 is 1.30 bits per heavy atom. The Labute approximate surface area is 126 Å². The second-order valence-corrected chi connectivity index (χ2v) is 5.16. The summed E-state index contributed by atoms with van der Waals surface area (Å²) in [6.07, 6.45) is 1.05. The van der Waals surface area contributed by atoms with Crippen LogP contribution in [0.15, 0.2) is 40.9 Å². The van der Waals surface area contributed by atoms with E-state index in [1.165, 1.54) is 12.1 Å². The van der Waals surface area contributed by atoms with E-state index in [2.05, 4.69) is 33.2 Å². The van der Waals surface area contributed by atoms with Crippen LogP contribution in [0.25, 0.3) is 0 Å². The number of rotatable bonds is 6. The fourth-order valence-electron chi connectivity index (χ4n) is 1.66. The molecule has 0 aliphatic rings. The van der Waals surface area contributed by atoms with Crippen LogP contribution in [0.2, 0.25) is 0 Å². The zero-order chi connectivity index (χ0) is 14.4. The lowest BCUT2D eigenvalue weighted by atomic mass is 10.3. The number of aromatic nitrogens is 1. The molecule has 0 aliphatic carbocycles. The third-order valence-electron chi connectivity index (χ3n) is 2.63. The minimum absolute atomic E-state index is 0.298. The smallest absolute Gasteiger partial charge is 0.134 e. The maximum absolute atomic E-state index is 13.0.